The van der Waals surface area contributed by atoms with E-state index in [1.54, 1.807) is 0 Å². The minimum atomic E-state index is -0.466. The standard InChI is InChI=1S/C14H28N2O3/c1-10-7-15(12(3)9-17)8-11(2)16(10)13(18)19-14(4,5)6/h10-12,17H,7-9H2,1-6H3/t10-,11+,12-/m0/s1. The molecule has 0 unspecified atom stereocenters. The Morgan fingerprint density at radius 3 is 2.16 bits per heavy atom. The van der Waals surface area contributed by atoms with Crippen LogP contribution in [0.4, 0.5) is 4.79 Å². The number of piperazine rings is 1. The summed E-state index contributed by atoms with van der Waals surface area (Å²) in [5, 5.41) is 9.24. The highest BCUT2D eigenvalue weighted by atomic mass is 16.6. The van der Waals surface area contributed by atoms with Gasteiger partial charge in [-0.05, 0) is 41.5 Å². The Hall–Kier alpha value is -0.810. The number of carbonyl (C=O) groups is 1. The topological polar surface area (TPSA) is 53.0 Å². The zero-order chi connectivity index (χ0) is 14.8. The van der Waals surface area contributed by atoms with Gasteiger partial charge in [-0.25, -0.2) is 4.79 Å². The fraction of sp³-hybridized carbons (Fsp3) is 0.929. The molecule has 0 aliphatic carbocycles. The molecule has 0 radical (unpaired) electrons. The van der Waals surface area contributed by atoms with Gasteiger partial charge in [0.2, 0.25) is 0 Å². The second-order valence-corrected chi connectivity index (χ2v) is 6.57. The molecule has 0 spiro atoms. The van der Waals surface area contributed by atoms with E-state index in [1.165, 1.54) is 0 Å². The molecule has 1 N–H and O–H groups in total. The van der Waals surface area contributed by atoms with E-state index in [9.17, 15) is 9.90 Å². The molecule has 0 aromatic heterocycles. The van der Waals surface area contributed by atoms with Crippen LogP contribution in [0.3, 0.4) is 0 Å². The molecule has 0 aromatic carbocycles. The summed E-state index contributed by atoms with van der Waals surface area (Å²) in [5.41, 5.74) is -0.466. The van der Waals surface area contributed by atoms with E-state index < -0.39 is 5.60 Å². The molecule has 1 aliphatic rings. The number of hydrogen-bond acceptors (Lipinski definition) is 4. The summed E-state index contributed by atoms with van der Waals surface area (Å²) in [6, 6.07) is 0.311. The number of hydrogen-bond donors (Lipinski definition) is 1. The molecule has 5 nitrogen and oxygen atoms in total. The van der Waals surface area contributed by atoms with Gasteiger partial charge in [0.05, 0.1) is 6.61 Å². The molecule has 0 bridgehead atoms. The van der Waals surface area contributed by atoms with Gasteiger partial charge >= 0.3 is 6.09 Å². The summed E-state index contributed by atoms with van der Waals surface area (Å²) in [7, 11) is 0. The highest BCUT2D eigenvalue weighted by Crippen LogP contribution is 2.21. The average molecular weight is 272 g/mol. The molecule has 19 heavy (non-hydrogen) atoms. The normalized spacial score (nSPS) is 27.2. The number of nitrogens with zero attached hydrogens (tertiary/aromatic N) is 2. The molecule has 1 heterocycles. The minimum absolute atomic E-state index is 0.0904. The Morgan fingerprint density at radius 1 is 1.32 bits per heavy atom. The number of aliphatic hydroxyl groups excluding tert-OH is 1. The van der Waals surface area contributed by atoms with Crippen molar-refractivity contribution in [3.8, 4) is 0 Å². The SMILES string of the molecule is C[C@@H]1CN([C@@H](C)CO)C[C@H](C)N1C(=O)OC(C)(C)C. The van der Waals surface area contributed by atoms with Crippen LogP contribution in [0.2, 0.25) is 0 Å². The van der Waals surface area contributed by atoms with Crippen molar-refractivity contribution in [1.29, 1.82) is 0 Å². The maximum atomic E-state index is 12.2. The maximum absolute atomic E-state index is 12.2. The molecule has 3 atom stereocenters. The number of carbonyl (C=O) groups excluding carboxylic acids is 1. The fourth-order valence-electron chi connectivity index (χ4n) is 2.51. The van der Waals surface area contributed by atoms with Crippen LogP contribution in [-0.4, -0.2) is 64.4 Å². The molecule has 1 fully saturated rings. The molecule has 1 amide bonds. The second kappa shape index (κ2) is 6.09. The van der Waals surface area contributed by atoms with Crippen molar-refractivity contribution in [2.45, 2.75) is 65.3 Å². The Balaban J connectivity index is 2.70. The van der Waals surface area contributed by atoms with Crippen molar-refractivity contribution >= 4 is 6.09 Å². The smallest absolute Gasteiger partial charge is 0.410 e. The number of aliphatic hydroxyl groups is 1. The van der Waals surface area contributed by atoms with Gasteiger partial charge in [0.1, 0.15) is 5.60 Å². The van der Waals surface area contributed by atoms with Crippen molar-refractivity contribution in [3.63, 3.8) is 0 Å². The van der Waals surface area contributed by atoms with Gasteiger partial charge in [-0.15, -0.1) is 0 Å². The highest BCUT2D eigenvalue weighted by molar-refractivity contribution is 5.69. The van der Waals surface area contributed by atoms with Gasteiger partial charge in [-0.1, -0.05) is 0 Å². The number of ether oxygens (including phenoxy) is 1. The summed E-state index contributed by atoms with van der Waals surface area (Å²) in [6.07, 6.45) is -0.246. The van der Waals surface area contributed by atoms with E-state index in [0.29, 0.717) is 0 Å². The lowest BCUT2D eigenvalue weighted by Gasteiger charge is -2.46. The summed E-state index contributed by atoms with van der Waals surface area (Å²) < 4.78 is 5.46. The van der Waals surface area contributed by atoms with Crippen LogP contribution >= 0.6 is 0 Å². The molecule has 0 saturated carbocycles. The predicted octanol–water partition coefficient (Wildman–Crippen LogP) is 1.70. The van der Waals surface area contributed by atoms with Crippen LogP contribution < -0.4 is 0 Å². The average Bonchev–Trinajstić information content (AvgIpc) is 2.24. The van der Waals surface area contributed by atoms with E-state index in [-0.39, 0.29) is 30.8 Å². The molecule has 1 saturated heterocycles. The lowest BCUT2D eigenvalue weighted by atomic mass is 10.1. The monoisotopic (exact) mass is 272 g/mol. The van der Waals surface area contributed by atoms with Gasteiger partial charge in [-0.3, -0.25) is 4.90 Å². The first-order valence-corrected chi connectivity index (χ1v) is 7.02. The van der Waals surface area contributed by atoms with Crippen LogP contribution in [0.25, 0.3) is 0 Å². The lowest BCUT2D eigenvalue weighted by molar-refractivity contribution is -0.0253. The van der Waals surface area contributed by atoms with Crippen molar-refractivity contribution < 1.29 is 14.6 Å². The van der Waals surface area contributed by atoms with Crippen LogP contribution in [-0.2, 0) is 4.74 Å². The molecule has 5 heteroatoms. The predicted molar refractivity (Wildman–Crippen MR) is 75.1 cm³/mol. The Bertz CT molecular complexity index is 302. The van der Waals surface area contributed by atoms with Gasteiger partial charge in [0.25, 0.3) is 0 Å². The van der Waals surface area contributed by atoms with E-state index in [4.69, 9.17) is 4.74 Å². The first-order valence-electron chi connectivity index (χ1n) is 7.02. The van der Waals surface area contributed by atoms with Crippen molar-refractivity contribution in [3.05, 3.63) is 0 Å². The molecule has 1 aliphatic heterocycles. The van der Waals surface area contributed by atoms with Crippen LogP contribution in [0.1, 0.15) is 41.5 Å². The van der Waals surface area contributed by atoms with Crippen LogP contribution in [0.15, 0.2) is 0 Å². The Morgan fingerprint density at radius 2 is 1.79 bits per heavy atom. The molecule has 112 valence electrons. The zero-order valence-electron chi connectivity index (χ0n) is 13.0. The largest absolute Gasteiger partial charge is 0.444 e. The third kappa shape index (κ3) is 4.35. The first kappa shape index (κ1) is 16.2. The second-order valence-electron chi connectivity index (χ2n) is 6.57. The highest BCUT2D eigenvalue weighted by Gasteiger charge is 2.36. The van der Waals surface area contributed by atoms with Gasteiger partial charge < -0.3 is 14.7 Å². The zero-order valence-corrected chi connectivity index (χ0v) is 13.0. The van der Waals surface area contributed by atoms with E-state index >= 15 is 0 Å². The van der Waals surface area contributed by atoms with Crippen LogP contribution in [0.5, 0.6) is 0 Å². The first-order chi connectivity index (χ1) is 8.65. The summed E-state index contributed by atoms with van der Waals surface area (Å²) >= 11 is 0. The Labute approximate surface area is 116 Å². The number of rotatable bonds is 2. The molecular weight excluding hydrogens is 244 g/mol. The Kier molecular flexibility index (Phi) is 5.21. The third-order valence-corrected chi connectivity index (χ3v) is 3.44. The molecular formula is C14H28N2O3. The summed E-state index contributed by atoms with van der Waals surface area (Å²) in [6.45, 7) is 13.4. The third-order valence-electron chi connectivity index (χ3n) is 3.44. The number of amides is 1. The molecule has 1 rings (SSSR count). The van der Waals surface area contributed by atoms with Crippen LogP contribution in [0, 0.1) is 0 Å². The van der Waals surface area contributed by atoms with E-state index in [2.05, 4.69) is 4.90 Å². The quantitative estimate of drug-likeness (QED) is 0.831. The van der Waals surface area contributed by atoms with E-state index in [1.807, 2.05) is 46.4 Å². The van der Waals surface area contributed by atoms with Crippen molar-refractivity contribution in [2.75, 3.05) is 19.7 Å². The van der Waals surface area contributed by atoms with Crippen molar-refractivity contribution in [1.82, 2.24) is 9.80 Å². The van der Waals surface area contributed by atoms with Gasteiger partial charge in [0, 0.05) is 31.2 Å². The van der Waals surface area contributed by atoms with Crippen molar-refractivity contribution in [2.24, 2.45) is 0 Å². The van der Waals surface area contributed by atoms with E-state index in [0.717, 1.165) is 13.1 Å². The van der Waals surface area contributed by atoms with Gasteiger partial charge in [0.15, 0.2) is 0 Å². The lowest BCUT2D eigenvalue weighted by Crippen LogP contribution is -2.61. The van der Waals surface area contributed by atoms with Gasteiger partial charge in [-0.2, -0.15) is 0 Å². The fourth-order valence-corrected chi connectivity index (χ4v) is 2.51. The molecule has 0 aromatic rings. The minimum Gasteiger partial charge on any atom is -0.444 e. The summed E-state index contributed by atoms with van der Waals surface area (Å²) in [4.78, 5) is 16.2. The summed E-state index contributed by atoms with van der Waals surface area (Å²) in [5.74, 6) is 0. The maximum Gasteiger partial charge on any atom is 0.410 e.